The average Bonchev–Trinajstić information content (AvgIpc) is 2.31. The highest BCUT2D eigenvalue weighted by atomic mass is 32.2. The minimum Gasteiger partial charge on any atom is -0.402 e. The van der Waals surface area contributed by atoms with E-state index in [1.54, 1.807) is 11.3 Å². The topological polar surface area (TPSA) is 61.8 Å². The van der Waals surface area contributed by atoms with E-state index >= 15 is 0 Å². The van der Waals surface area contributed by atoms with Crippen molar-refractivity contribution in [1.82, 2.24) is 0 Å². The van der Waals surface area contributed by atoms with Crippen molar-refractivity contribution in [1.29, 1.82) is 0 Å². The van der Waals surface area contributed by atoms with Crippen LogP contribution in [0.4, 0.5) is 57.1 Å². The monoisotopic (exact) mass is 472 g/mol. The average molecular weight is 472 g/mol. The van der Waals surface area contributed by atoms with Crippen LogP contribution in [0.5, 0.6) is 0 Å². The van der Waals surface area contributed by atoms with Gasteiger partial charge in [-0.1, -0.05) is 0 Å². The van der Waals surface area contributed by atoms with Crippen molar-refractivity contribution < 1.29 is 79.2 Å². The number of rotatable bonds is 9. The second-order valence-corrected chi connectivity index (χ2v) is 6.14. The maximum absolute atomic E-state index is 13.6. The fourth-order valence-corrected chi connectivity index (χ4v) is 1.94. The molecule has 0 aromatic heterocycles. The first kappa shape index (κ1) is 26.5. The summed E-state index contributed by atoms with van der Waals surface area (Å²) in [5, 5.41) is -7.30. The summed E-state index contributed by atoms with van der Waals surface area (Å²) in [6.07, 6.45) is -26.9. The van der Waals surface area contributed by atoms with Crippen LogP contribution in [0.25, 0.3) is 0 Å². The molecule has 1 atom stereocenters. The zero-order chi connectivity index (χ0) is 23.2. The van der Waals surface area contributed by atoms with Crippen molar-refractivity contribution in [2.24, 2.45) is 0 Å². The van der Waals surface area contributed by atoms with Gasteiger partial charge in [-0.2, -0.15) is 69.7 Å². The Labute approximate surface area is 145 Å². The molecular weight excluding hydrogens is 467 g/mol. The first-order valence-corrected chi connectivity index (χ1v) is 7.19. The fourth-order valence-electron chi connectivity index (χ4n) is 1.11. The number of halogens is 13. The molecule has 0 fully saturated rings. The predicted molar refractivity (Wildman–Crippen MR) is 57.8 cm³/mol. The standard InChI is InChI=1S/C9H5F13O5S/c1-3(10)25-7(17,18)5(13,6(14,15)16)26-8(19,20)9(21,22)28(23,24)27-4(2,11)12/h1H2,2H3. The molecule has 0 aliphatic rings. The van der Waals surface area contributed by atoms with E-state index in [1.807, 2.05) is 0 Å². The highest BCUT2D eigenvalue weighted by Crippen LogP contribution is 2.53. The molecule has 19 heteroatoms. The van der Waals surface area contributed by atoms with Gasteiger partial charge in [-0.05, 0) is 6.58 Å². The summed E-state index contributed by atoms with van der Waals surface area (Å²) < 4.78 is 195. The number of alkyl halides is 12. The van der Waals surface area contributed by atoms with Crippen molar-refractivity contribution in [3.05, 3.63) is 12.6 Å². The van der Waals surface area contributed by atoms with Gasteiger partial charge in [0.1, 0.15) is 0 Å². The Morgan fingerprint density at radius 3 is 1.50 bits per heavy atom. The normalized spacial score (nSPS) is 17.2. The van der Waals surface area contributed by atoms with Crippen LogP contribution in [-0.4, -0.2) is 44.0 Å². The van der Waals surface area contributed by atoms with Crippen LogP contribution < -0.4 is 0 Å². The molecule has 0 rings (SSSR count). The quantitative estimate of drug-likeness (QED) is 0.283. The van der Waals surface area contributed by atoms with E-state index in [0.29, 0.717) is 0 Å². The first-order chi connectivity index (χ1) is 11.8. The lowest BCUT2D eigenvalue weighted by Crippen LogP contribution is -2.64. The molecule has 168 valence electrons. The van der Waals surface area contributed by atoms with E-state index in [-0.39, 0.29) is 0 Å². The summed E-state index contributed by atoms with van der Waals surface area (Å²) >= 11 is 0. The highest BCUT2D eigenvalue weighted by Gasteiger charge is 2.83. The zero-order valence-electron chi connectivity index (χ0n) is 12.6. The molecule has 0 heterocycles. The molecule has 1 unspecified atom stereocenters. The third-order valence-electron chi connectivity index (χ3n) is 2.16. The van der Waals surface area contributed by atoms with E-state index in [2.05, 4.69) is 8.92 Å². The first-order valence-electron chi connectivity index (χ1n) is 5.79. The fraction of sp³-hybridized carbons (Fsp3) is 0.778. The summed E-state index contributed by atoms with van der Waals surface area (Å²) in [5.74, 6) is -7.34. The van der Waals surface area contributed by atoms with Crippen LogP contribution in [0.2, 0.25) is 0 Å². The molecular formula is C9H5F13O5S. The summed E-state index contributed by atoms with van der Waals surface area (Å²) in [4.78, 5) is 0. The molecule has 28 heavy (non-hydrogen) atoms. The smallest absolute Gasteiger partial charge is 0.402 e. The largest absolute Gasteiger partial charge is 0.471 e. The van der Waals surface area contributed by atoms with Crippen molar-refractivity contribution in [3.63, 3.8) is 0 Å². The lowest BCUT2D eigenvalue weighted by molar-refractivity contribution is -0.510. The summed E-state index contributed by atoms with van der Waals surface area (Å²) in [6, 6.07) is -2.95. The van der Waals surface area contributed by atoms with Gasteiger partial charge >= 0.3 is 45.7 Å². The Balaban J connectivity index is 6.36. The van der Waals surface area contributed by atoms with Gasteiger partial charge in [0.2, 0.25) is 0 Å². The van der Waals surface area contributed by atoms with Crippen molar-refractivity contribution in [2.45, 2.75) is 42.5 Å². The summed E-state index contributed by atoms with van der Waals surface area (Å²) in [5.41, 5.74) is 0. The molecule has 0 radical (unpaired) electrons. The zero-order valence-corrected chi connectivity index (χ0v) is 13.4. The van der Waals surface area contributed by atoms with Crippen molar-refractivity contribution in [3.8, 4) is 0 Å². The Bertz CT molecular complexity index is 694. The van der Waals surface area contributed by atoms with Crippen molar-refractivity contribution >= 4 is 10.1 Å². The maximum atomic E-state index is 13.6. The lowest BCUT2D eigenvalue weighted by Gasteiger charge is -2.36. The number of ether oxygens (including phenoxy) is 2. The predicted octanol–water partition coefficient (Wildman–Crippen LogP) is 4.43. The van der Waals surface area contributed by atoms with Crippen LogP contribution in [0, 0.1) is 0 Å². The third-order valence-corrected chi connectivity index (χ3v) is 3.53. The van der Waals surface area contributed by atoms with Gasteiger partial charge in [-0.15, -0.1) is 0 Å². The molecule has 0 saturated heterocycles. The molecule has 0 aliphatic heterocycles. The third kappa shape index (κ3) is 5.10. The van der Waals surface area contributed by atoms with Gasteiger partial charge in [0.25, 0.3) is 6.01 Å². The molecule has 0 aliphatic carbocycles. The molecule has 0 aromatic rings. The van der Waals surface area contributed by atoms with Gasteiger partial charge in [-0.3, -0.25) is 4.74 Å². The Kier molecular flexibility index (Phi) is 6.70. The van der Waals surface area contributed by atoms with E-state index in [0.717, 1.165) is 0 Å². The van der Waals surface area contributed by atoms with Gasteiger partial charge < -0.3 is 4.74 Å². The van der Waals surface area contributed by atoms with Crippen LogP contribution in [0.1, 0.15) is 6.92 Å². The maximum Gasteiger partial charge on any atom is 0.471 e. The Morgan fingerprint density at radius 1 is 0.821 bits per heavy atom. The molecule has 0 bridgehead atoms. The van der Waals surface area contributed by atoms with E-state index < -0.39 is 58.7 Å². The van der Waals surface area contributed by atoms with E-state index in [4.69, 9.17) is 0 Å². The SMILES string of the molecule is C=C(F)OC(F)(F)C(F)(OC(F)(F)C(F)(F)S(=O)(=O)OC(C)(F)F)C(F)(F)F. The van der Waals surface area contributed by atoms with Gasteiger partial charge in [0.15, 0.2) is 0 Å². The summed E-state index contributed by atoms with van der Waals surface area (Å²) in [6.45, 7) is 1.16. The van der Waals surface area contributed by atoms with Crippen LogP contribution in [0.15, 0.2) is 12.6 Å². The van der Waals surface area contributed by atoms with E-state index in [1.165, 1.54) is 0 Å². The minimum atomic E-state index is -7.63. The molecule has 0 amide bonds. The molecule has 0 aromatic carbocycles. The molecule has 0 spiro atoms. The number of hydrogen-bond donors (Lipinski definition) is 0. The Morgan fingerprint density at radius 2 is 1.21 bits per heavy atom. The highest BCUT2D eigenvalue weighted by molar-refractivity contribution is 7.87. The molecule has 5 nitrogen and oxygen atoms in total. The second kappa shape index (κ2) is 7.08. The van der Waals surface area contributed by atoms with Gasteiger partial charge in [0.05, 0.1) is 0 Å². The van der Waals surface area contributed by atoms with Gasteiger partial charge in [0, 0.05) is 6.92 Å². The second-order valence-electron chi connectivity index (χ2n) is 4.55. The number of hydrogen-bond acceptors (Lipinski definition) is 5. The van der Waals surface area contributed by atoms with Crippen LogP contribution in [-0.2, 0) is 23.8 Å². The van der Waals surface area contributed by atoms with Crippen LogP contribution in [0.3, 0.4) is 0 Å². The minimum absolute atomic E-state index is 0.607. The van der Waals surface area contributed by atoms with Gasteiger partial charge in [-0.25, -0.2) is 0 Å². The Hall–Kier alpha value is -1.50. The molecule has 0 saturated carbocycles. The van der Waals surface area contributed by atoms with Crippen LogP contribution >= 0.6 is 0 Å². The molecule has 0 N–H and O–H groups in total. The lowest BCUT2D eigenvalue weighted by atomic mass is 10.2. The van der Waals surface area contributed by atoms with E-state index in [9.17, 15) is 65.5 Å². The van der Waals surface area contributed by atoms with Crippen molar-refractivity contribution in [2.75, 3.05) is 0 Å². The summed E-state index contributed by atoms with van der Waals surface area (Å²) in [7, 11) is -7.63.